The van der Waals surface area contributed by atoms with Crippen molar-refractivity contribution < 1.29 is 0 Å². The van der Waals surface area contributed by atoms with Crippen LogP contribution in [0.2, 0.25) is 0 Å². The van der Waals surface area contributed by atoms with Crippen LogP contribution < -0.4 is 4.90 Å². The third kappa shape index (κ3) is 5.04. The molecule has 9 rings (SSSR count). The zero-order valence-corrected chi connectivity index (χ0v) is 27.1. The van der Waals surface area contributed by atoms with Crippen LogP contribution in [0.4, 0.5) is 17.1 Å². The molecule has 0 spiro atoms. The standard InChI is InChI=1S/C46H31NS/c1-2-13-34(14-3-1)39-16-6-9-19-43(39)47(38-27-24-33(25-28-38)36-23-22-32-12-4-5-15-35(32)30-36)44-20-10-7-17-40(44)37-26-29-42-41-18-8-11-21-45(41)48-46(42)31-37/h1-31H. The van der Waals surface area contributed by atoms with Gasteiger partial charge in [-0.25, -0.2) is 0 Å². The average Bonchev–Trinajstić information content (AvgIpc) is 3.54. The maximum absolute atomic E-state index is 2.43. The molecule has 0 fully saturated rings. The number of anilines is 3. The highest BCUT2D eigenvalue weighted by molar-refractivity contribution is 7.25. The Hall–Kier alpha value is -5.96. The van der Waals surface area contributed by atoms with Gasteiger partial charge in [-0.05, 0) is 75.5 Å². The topological polar surface area (TPSA) is 3.24 Å². The van der Waals surface area contributed by atoms with Gasteiger partial charge in [0, 0.05) is 37.0 Å². The van der Waals surface area contributed by atoms with Crippen LogP contribution in [0.3, 0.4) is 0 Å². The number of thiophene rings is 1. The SMILES string of the molecule is c1ccc(-c2ccccc2N(c2ccc(-c3ccc4ccccc4c3)cc2)c2ccccc2-c2ccc3c(c2)sc2ccccc23)cc1. The largest absolute Gasteiger partial charge is 0.309 e. The number of hydrogen-bond donors (Lipinski definition) is 0. The lowest BCUT2D eigenvalue weighted by Gasteiger charge is -2.30. The molecule has 0 bridgehead atoms. The number of hydrogen-bond acceptors (Lipinski definition) is 2. The zero-order valence-electron chi connectivity index (χ0n) is 26.3. The Morgan fingerprint density at radius 1 is 0.333 bits per heavy atom. The third-order valence-electron chi connectivity index (χ3n) is 9.27. The van der Waals surface area contributed by atoms with Gasteiger partial charge < -0.3 is 4.90 Å². The number of nitrogens with zero attached hydrogens (tertiary/aromatic N) is 1. The predicted octanol–water partition coefficient (Wildman–Crippen LogP) is 13.7. The molecule has 0 saturated carbocycles. The minimum Gasteiger partial charge on any atom is -0.309 e. The van der Waals surface area contributed by atoms with E-state index in [9.17, 15) is 0 Å². The molecule has 8 aromatic carbocycles. The summed E-state index contributed by atoms with van der Waals surface area (Å²) in [7, 11) is 0. The van der Waals surface area contributed by atoms with Crippen LogP contribution in [0.5, 0.6) is 0 Å². The fourth-order valence-corrected chi connectivity index (χ4v) is 8.06. The number of benzene rings is 8. The summed E-state index contributed by atoms with van der Waals surface area (Å²) in [5.41, 5.74) is 10.6. The van der Waals surface area contributed by atoms with Crippen molar-refractivity contribution in [1.82, 2.24) is 0 Å². The zero-order chi connectivity index (χ0) is 31.9. The Morgan fingerprint density at radius 3 is 1.71 bits per heavy atom. The summed E-state index contributed by atoms with van der Waals surface area (Å²) >= 11 is 1.86. The maximum Gasteiger partial charge on any atom is 0.0540 e. The first-order valence-corrected chi connectivity index (χ1v) is 17.2. The molecule has 48 heavy (non-hydrogen) atoms. The molecule has 0 unspecified atom stereocenters. The summed E-state index contributed by atoms with van der Waals surface area (Å²) in [6.45, 7) is 0. The fourth-order valence-electron chi connectivity index (χ4n) is 6.92. The van der Waals surface area contributed by atoms with Gasteiger partial charge in [0.1, 0.15) is 0 Å². The van der Waals surface area contributed by atoms with Gasteiger partial charge in [0.15, 0.2) is 0 Å². The van der Waals surface area contributed by atoms with E-state index < -0.39 is 0 Å². The van der Waals surface area contributed by atoms with E-state index in [0.29, 0.717) is 0 Å². The van der Waals surface area contributed by atoms with Crippen molar-refractivity contribution in [3.63, 3.8) is 0 Å². The van der Waals surface area contributed by atoms with Crippen LogP contribution >= 0.6 is 11.3 Å². The van der Waals surface area contributed by atoms with Crippen LogP contribution in [0.25, 0.3) is 64.3 Å². The Balaban J connectivity index is 1.22. The van der Waals surface area contributed by atoms with Crippen molar-refractivity contribution in [2.75, 3.05) is 4.90 Å². The second-order valence-electron chi connectivity index (χ2n) is 12.2. The minimum atomic E-state index is 1.11. The second kappa shape index (κ2) is 12.0. The summed E-state index contributed by atoms with van der Waals surface area (Å²) in [5.74, 6) is 0. The highest BCUT2D eigenvalue weighted by atomic mass is 32.1. The van der Waals surface area contributed by atoms with E-state index in [4.69, 9.17) is 0 Å². The monoisotopic (exact) mass is 629 g/mol. The molecule has 0 amide bonds. The molecular weight excluding hydrogens is 599 g/mol. The normalized spacial score (nSPS) is 11.3. The second-order valence-corrected chi connectivity index (χ2v) is 13.2. The Bertz CT molecular complexity index is 2560. The molecule has 1 heterocycles. The molecule has 0 aliphatic rings. The summed E-state index contributed by atoms with van der Waals surface area (Å²) in [5, 5.41) is 5.14. The smallest absolute Gasteiger partial charge is 0.0540 e. The first-order chi connectivity index (χ1) is 23.8. The average molecular weight is 630 g/mol. The highest BCUT2D eigenvalue weighted by Crippen LogP contribution is 2.46. The van der Waals surface area contributed by atoms with E-state index in [-0.39, 0.29) is 0 Å². The van der Waals surface area contributed by atoms with Gasteiger partial charge in [-0.1, -0.05) is 146 Å². The Morgan fingerprint density at radius 2 is 0.917 bits per heavy atom. The number of rotatable bonds is 6. The van der Waals surface area contributed by atoms with E-state index in [0.717, 1.165) is 17.1 Å². The van der Waals surface area contributed by atoms with Gasteiger partial charge >= 0.3 is 0 Å². The maximum atomic E-state index is 2.43. The summed E-state index contributed by atoms with van der Waals surface area (Å²) in [6.07, 6.45) is 0. The van der Waals surface area contributed by atoms with Gasteiger partial charge in [0.05, 0.1) is 11.4 Å². The van der Waals surface area contributed by atoms with E-state index in [1.807, 2.05) is 11.3 Å². The molecule has 0 aliphatic heterocycles. The van der Waals surface area contributed by atoms with E-state index in [1.165, 1.54) is 64.3 Å². The van der Waals surface area contributed by atoms with Crippen LogP contribution in [-0.2, 0) is 0 Å². The molecular formula is C46H31NS. The Kier molecular flexibility index (Phi) is 7.07. The predicted molar refractivity (Wildman–Crippen MR) is 208 cm³/mol. The molecule has 0 atom stereocenters. The van der Waals surface area contributed by atoms with Gasteiger partial charge in [-0.2, -0.15) is 0 Å². The van der Waals surface area contributed by atoms with E-state index in [2.05, 4.69) is 193 Å². The van der Waals surface area contributed by atoms with Crippen molar-refractivity contribution in [3.05, 3.63) is 188 Å². The summed E-state index contributed by atoms with van der Waals surface area (Å²) in [4.78, 5) is 2.43. The van der Waals surface area contributed by atoms with E-state index >= 15 is 0 Å². The van der Waals surface area contributed by atoms with Crippen LogP contribution in [-0.4, -0.2) is 0 Å². The molecule has 0 saturated heterocycles. The minimum absolute atomic E-state index is 1.11. The fraction of sp³-hybridized carbons (Fsp3) is 0. The molecule has 0 aliphatic carbocycles. The molecule has 226 valence electrons. The quantitative estimate of drug-likeness (QED) is 0.177. The van der Waals surface area contributed by atoms with Gasteiger partial charge in [-0.3, -0.25) is 0 Å². The molecule has 9 aromatic rings. The van der Waals surface area contributed by atoms with Crippen LogP contribution in [0.15, 0.2) is 188 Å². The molecule has 0 N–H and O–H groups in total. The lowest BCUT2D eigenvalue weighted by Crippen LogP contribution is -2.12. The number of para-hydroxylation sites is 2. The Labute approximate surface area is 284 Å². The first kappa shape index (κ1) is 28.3. The highest BCUT2D eigenvalue weighted by Gasteiger charge is 2.21. The van der Waals surface area contributed by atoms with Gasteiger partial charge in [0.2, 0.25) is 0 Å². The first-order valence-electron chi connectivity index (χ1n) is 16.3. The summed E-state index contributed by atoms with van der Waals surface area (Å²) < 4.78 is 2.63. The summed E-state index contributed by atoms with van der Waals surface area (Å²) in [6, 6.07) is 68.2. The van der Waals surface area contributed by atoms with Crippen molar-refractivity contribution in [2.45, 2.75) is 0 Å². The van der Waals surface area contributed by atoms with Crippen molar-refractivity contribution in [3.8, 4) is 33.4 Å². The number of fused-ring (bicyclic) bond motifs is 4. The lowest BCUT2D eigenvalue weighted by molar-refractivity contribution is 1.28. The van der Waals surface area contributed by atoms with E-state index in [1.54, 1.807) is 0 Å². The third-order valence-corrected chi connectivity index (χ3v) is 10.4. The van der Waals surface area contributed by atoms with Crippen molar-refractivity contribution in [1.29, 1.82) is 0 Å². The lowest BCUT2D eigenvalue weighted by atomic mass is 9.97. The van der Waals surface area contributed by atoms with Crippen LogP contribution in [0, 0.1) is 0 Å². The molecule has 1 aromatic heterocycles. The van der Waals surface area contributed by atoms with Gasteiger partial charge in [-0.15, -0.1) is 11.3 Å². The molecule has 0 radical (unpaired) electrons. The molecule has 1 nitrogen and oxygen atoms in total. The van der Waals surface area contributed by atoms with Gasteiger partial charge in [0.25, 0.3) is 0 Å². The van der Waals surface area contributed by atoms with Crippen molar-refractivity contribution in [2.24, 2.45) is 0 Å². The van der Waals surface area contributed by atoms with Crippen molar-refractivity contribution >= 4 is 59.3 Å². The van der Waals surface area contributed by atoms with Crippen LogP contribution in [0.1, 0.15) is 0 Å². The molecule has 2 heteroatoms.